The van der Waals surface area contributed by atoms with Crippen molar-refractivity contribution in [2.75, 3.05) is 13.7 Å². The van der Waals surface area contributed by atoms with Gasteiger partial charge in [-0.15, -0.1) is 0 Å². The number of benzene rings is 1. The number of ether oxygens (including phenoxy) is 3. The van der Waals surface area contributed by atoms with Crippen LogP contribution in [0.1, 0.15) is 46.5 Å². The molecule has 0 radical (unpaired) electrons. The molecule has 1 aromatic rings. The van der Waals surface area contributed by atoms with Gasteiger partial charge in [0.2, 0.25) is 0 Å². The first-order chi connectivity index (χ1) is 11.5. The fourth-order valence-corrected chi connectivity index (χ4v) is 4.28. The lowest BCUT2D eigenvalue weighted by Gasteiger charge is -2.43. The average Bonchev–Trinajstić information content (AvgIpc) is 2.54. The zero-order chi connectivity index (χ0) is 18.8. The first kappa shape index (κ1) is 20.4. The summed E-state index contributed by atoms with van der Waals surface area (Å²) in [5.74, 6) is 1.13. The van der Waals surface area contributed by atoms with Crippen LogP contribution in [0.25, 0.3) is 0 Å². The maximum atomic E-state index is 6.57. The summed E-state index contributed by atoms with van der Waals surface area (Å²) in [5, 5.41) is 0.186. The zero-order valence-electron chi connectivity index (χ0n) is 17.0. The van der Waals surface area contributed by atoms with Crippen LogP contribution in [0, 0.1) is 5.92 Å². The van der Waals surface area contributed by atoms with Crippen LogP contribution in [0.2, 0.25) is 18.1 Å². The number of methoxy groups -OCH3 is 1. The molecule has 1 aliphatic rings. The summed E-state index contributed by atoms with van der Waals surface area (Å²) in [6.45, 7) is 16.3. The molecule has 1 fully saturated rings. The second-order valence-electron chi connectivity index (χ2n) is 8.60. The lowest BCUT2D eigenvalue weighted by molar-refractivity contribution is -0.255. The Morgan fingerprint density at radius 1 is 1.16 bits per heavy atom. The van der Waals surface area contributed by atoms with E-state index in [2.05, 4.69) is 47.7 Å². The van der Waals surface area contributed by atoms with E-state index in [0.717, 1.165) is 11.3 Å². The van der Waals surface area contributed by atoms with Gasteiger partial charge in [-0.25, -0.2) is 0 Å². The highest BCUT2D eigenvalue weighted by molar-refractivity contribution is 6.74. The molecule has 0 aromatic heterocycles. The van der Waals surface area contributed by atoms with Crippen LogP contribution < -0.4 is 4.74 Å². The highest BCUT2D eigenvalue weighted by Crippen LogP contribution is 2.39. The molecule has 1 heterocycles. The summed E-state index contributed by atoms with van der Waals surface area (Å²) in [6, 6.07) is 7.86. The SMILES string of the molecule is COc1ccc([C@@H]2OC[C@H](C)[C@H]([C@H](C)O[Si](C)(C)C(C)(C)C)O2)cc1. The number of hydrogen-bond acceptors (Lipinski definition) is 4. The van der Waals surface area contributed by atoms with E-state index in [4.69, 9.17) is 18.6 Å². The van der Waals surface area contributed by atoms with Gasteiger partial charge in [0.25, 0.3) is 0 Å². The molecule has 0 bridgehead atoms. The minimum absolute atomic E-state index is 0.0231. The van der Waals surface area contributed by atoms with Crippen molar-refractivity contribution in [2.45, 2.75) is 71.2 Å². The van der Waals surface area contributed by atoms with E-state index in [1.807, 2.05) is 24.3 Å². The van der Waals surface area contributed by atoms with Crippen molar-refractivity contribution >= 4 is 8.32 Å². The van der Waals surface area contributed by atoms with Crippen molar-refractivity contribution in [1.29, 1.82) is 0 Å². The molecule has 25 heavy (non-hydrogen) atoms. The summed E-state index contributed by atoms with van der Waals surface area (Å²) in [6.07, 6.45) is -0.284. The molecule has 4 atom stereocenters. The smallest absolute Gasteiger partial charge is 0.192 e. The van der Waals surface area contributed by atoms with E-state index in [9.17, 15) is 0 Å². The molecule has 4 nitrogen and oxygen atoms in total. The molecule has 0 amide bonds. The van der Waals surface area contributed by atoms with Gasteiger partial charge < -0.3 is 18.6 Å². The molecule has 0 saturated carbocycles. The molecule has 1 aliphatic heterocycles. The van der Waals surface area contributed by atoms with Gasteiger partial charge in [-0.3, -0.25) is 0 Å². The molecule has 1 aromatic carbocycles. The van der Waals surface area contributed by atoms with Gasteiger partial charge in [-0.05, 0) is 37.2 Å². The Hall–Kier alpha value is -0.883. The van der Waals surface area contributed by atoms with Gasteiger partial charge >= 0.3 is 0 Å². The van der Waals surface area contributed by atoms with Crippen molar-refractivity contribution in [3.63, 3.8) is 0 Å². The Morgan fingerprint density at radius 2 is 1.76 bits per heavy atom. The van der Waals surface area contributed by atoms with Crippen LogP contribution in [0.5, 0.6) is 5.75 Å². The molecule has 142 valence electrons. The van der Waals surface area contributed by atoms with E-state index in [1.165, 1.54) is 0 Å². The largest absolute Gasteiger partial charge is 0.497 e. The highest BCUT2D eigenvalue weighted by Gasteiger charge is 2.42. The summed E-state index contributed by atoms with van der Waals surface area (Å²) in [4.78, 5) is 0. The molecular formula is C20H34O4Si. The Morgan fingerprint density at radius 3 is 2.28 bits per heavy atom. The van der Waals surface area contributed by atoms with Crippen LogP contribution in [-0.4, -0.2) is 34.2 Å². The lowest BCUT2D eigenvalue weighted by atomic mass is 10.00. The maximum absolute atomic E-state index is 6.57. The predicted octanol–water partition coefficient (Wildman–Crippen LogP) is 5.16. The van der Waals surface area contributed by atoms with Gasteiger partial charge in [0.15, 0.2) is 14.6 Å². The fraction of sp³-hybridized carbons (Fsp3) is 0.700. The molecule has 0 spiro atoms. The summed E-state index contributed by atoms with van der Waals surface area (Å²) >= 11 is 0. The fourth-order valence-electron chi connectivity index (χ4n) is 2.87. The standard InChI is InChI=1S/C20H34O4Si/c1-14-13-22-19(16-9-11-17(21-6)12-10-16)23-18(14)15(2)24-25(7,8)20(3,4)5/h9-12,14-15,18-19H,13H2,1-8H3/t14-,15-,18+,19+/m0/s1. The van der Waals surface area contributed by atoms with Crippen LogP contribution in [-0.2, 0) is 13.9 Å². The van der Waals surface area contributed by atoms with Gasteiger partial charge in [0.1, 0.15) is 5.75 Å². The Kier molecular flexibility index (Phi) is 6.36. The Bertz CT molecular complexity index is 550. The predicted molar refractivity (Wildman–Crippen MR) is 103 cm³/mol. The minimum Gasteiger partial charge on any atom is -0.497 e. The normalized spacial score (nSPS) is 26.3. The van der Waals surface area contributed by atoms with E-state index >= 15 is 0 Å². The van der Waals surface area contributed by atoms with Gasteiger partial charge in [0.05, 0.1) is 25.9 Å². The maximum Gasteiger partial charge on any atom is 0.192 e. The molecule has 2 rings (SSSR count). The van der Waals surface area contributed by atoms with E-state index < -0.39 is 8.32 Å². The zero-order valence-corrected chi connectivity index (χ0v) is 18.0. The Balaban J connectivity index is 2.08. The van der Waals surface area contributed by atoms with Crippen molar-refractivity contribution in [3.8, 4) is 5.75 Å². The Labute approximate surface area is 153 Å². The first-order valence-corrected chi connectivity index (χ1v) is 12.0. The lowest BCUT2D eigenvalue weighted by Crippen LogP contribution is -2.50. The monoisotopic (exact) mass is 366 g/mol. The van der Waals surface area contributed by atoms with Gasteiger partial charge in [-0.2, -0.15) is 0 Å². The summed E-state index contributed by atoms with van der Waals surface area (Å²) in [5.41, 5.74) is 1.01. The van der Waals surface area contributed by atoms with E-state index in [0.29, 0.717) is 12.5 Å². The van der Waals surface area contributed by atoms with Crippen LogP contribution >= 0.6 is 0 Å². The molecular weight excluding hydrogens is 332 g/mol. The van der Waals surface area contributed by atoms with E-state index in [1.54, 1.807) is 7.11 Å². The third-order valence-electron chi connectivity index (χ3n) is 5.49. The first-order valence-electron chi connectivity index (χ1n) is 9.14. The third kappa shape index (κ3) is 4.85. The van der Waals surface area contributed by atoms with Crippen LogP contribution in [0.15, 0.2) is 24.3 Å². The second kappa shape index (κ2) is 7.78. The highest BCUT2D eigenvalue weighted by atomic mass is 28.4. The van der Waals surface area contributed by atoms with E-state index in [-0.39, 0.29) is 23.5 Å². The molecule has 5 heteroatoms. The van der Waals surface area contributed by atoms with Crippen LogP contribution in [0.3, 0.4) is 0 Å². The van der Waals surface area contributed by atoms with Crippen molar-refractivity contribution in [3.05, 3.63) is 29.8 Å². The van der Waals surface area contributed by atoms with Crippen molar-refractivity contribution in [2.24, 2.45) is 5.92 Å². The minimum atomic E-state index is -1.83. The topological polar surface area (TPSA) is 36.9 Å². The molecule has 0 aliphatic carbocycles. The quantitative estimate of drug-likeness (QED) is 0.675. The molecule has 0 unspecified atom stereocenters. The number of rotatable bonds is 5. The summed E-state index contributed by atoms with van der Waals surface area (Å²) in [7, 11) is -0.166. The summed E-state index contributed by atoms with van der Waals surface area (Å²) < 4.78 is 24.0. The van der Waals surface area contributed by atoms with Crippen LogP contribution in [0.4, 0.5) is 0 Å². The average molecular weight is 367 g/mol. The van der Waals surface area contributed by atoms with Crippen molar-refractivity contribution < 1.29 is 18.6 Å². The third-order valence-corrected chi connectivity index (χ3v) is 10.1. The molecule has 1 saturated heterocycles. The van der Waals surface area contributed by atoms with Gasteiger partial charge in [-0.1, -0.05) is 39.8 Å². The van der Waals surface area contributed by atoms with Gasteiger partial charge in [0, 0.05) is 11.5 Å². The second-order valence-corrected chi connectivity index (χ2v) is 13.4. The molecule has 0 N–H and O–H groups in total. The number of hydrogen-bond donors (Lipinski definition) is 0. The van der Waals surface area contributed by atoms with Crippen molar-refractivity contribution in [1.82, 2.24) is 0 Å².